The van der Waals surface area contributed by atoms with E-state index >= 15 is 0 Å². The summed E-state index contributed by atoms with van der Waals surface area (Å²) < 4.78 is 1.10. The lowest BCUT2D eigenvalue weighted by molar-refractivity contribution is 0.0747. The summed E-state index contributed by atoms with van der Waals surface area (Å²) in [5, 5.41) is 0. The van der Waals surface area contributed by atoms with Crippen molar-refractivity contribution < 1.29 is 4.79 Å². The Morgan fingerprint density at radius 2 is 1.68 bits per heavy atom. The summed E-state index contributed by atoms with van der Waals surface area (Å²) in [6, 6.07) is 15.9. The highest BCUT2D eigenvalue weighted by Crippen LogP contribution is 2.25. The normalized spacial score (nSPS) is 15.0. The fraction of sp³-hybridized carbons (Fsp3) is 0.278. The second kappa shape index (κ2) is 6.53. The van der Waals surface area contributed by atoms with Gasteiger partial charge in [-0.25, -0.2) is 0 Å². The number of piperazine rings is 1. The first-order valence-corrected chi connectivity index (χ1v) is 8.30. The molecule has 1 amide bonds. The molecule has 3 nitrogen and oxygen atoms in total. The smallest absolute Gasteiger partial charge is 0.253 e. The van der Waals surface area contributed by atoms with E-state index in [0.717, 1.165) is 36.2 Å². The molecule has 2 aromatic carbocycles. The molecule has 1 saturated heterocycles. The molecule has 0 N–H and O–H groups in total. The molecule has 1 fully saturated rings. The zero-order chi connectivity index (χ0) is 15.5. The number of rotatable bonds is 2. The Bertz CT molecular complexity index is 664. The topological polar surface area (TPSA) is 23.6 Å². The zero-order valence-electron chi connectivity index (χ0n) is 12.6. The van der Waals surface area contributed by atoms with Crippen LogP contribution in [0.15, 0.2) is 53.0 Å². The van der Waals surface area contributed by atoms with E-state index < -0.39 is 0 Å². The number of benzene rings is 2. The van der Waals surface area contributed by atoms with Crippen molar-refractivity contribution in [2.75, 3.05) is 31.1 Å². The minimum atomic E-state index is 0.132. The Balaban J connectivity index is 1.66. The number of hydrogen-bond donors (Lipinski definition) is 0. The number of nitrogens with zero attached hydrogens (tertiary/aromatic N) is 2. The molecular formula is C18H19BrN2O. The molecule has 0 saturated carbocycles. The molecule has 2 aromatic rings. The van der Waals surface area contributed by atoms with Crippen LogP contribution in [0.1, 0.15) is 15.9 Å². The maximum Gasteiger partial charge on any atom is 0.253 e. The van der Waals surface area contributed by atoms with Crippen LogP contribution in [0.5, 0.6) is 0 Å². The van der Waals surface area contributed by atoms with Gasteiger partial charge in [0, 0.05) is 41.9 Å². The highest BCUT2D eigenvalue weighted by atomic mass is 79.9. The van der Waals surface area contributed by atoms with Crippen molar-refractivity contribution in [3.8, 4) is 0 Å². The third kappa shape index (κ3) is 3.17. The Kier molecular flexibility index (Phi) is 4.48. The van der Waals surface area contributed by atoms with Gasteiger partial charge in [-0.2, -0.15) is 0 Å². The van der Waals surface area contributed by atoms with Gasteiger partial charge in [-0.3, -0.25) is 4.79 Å². The molecule has 0 aliphatic carbocycles. The van der Waals surface area contributed by atoms with Crippen LogP contribution in [-0.2, 0) is 0 Å². The number of hydrogen-bond acceptors (Lipinski definition) is 2. The molecule has 0 spiro atoms. The number of halogens is 1. The quantitative estimate of drug-likeness (QED) is 0.816. The van der Waals surface area contributed by atoms with Gasteiger partial charge in [-0.15, -0.1) is 0 Å². The maximum atomic E-state index is 12.5. The molecular weight excluding hydrogens is 340 g/mol. The van der Waals surface area contributed by atoms with Crippen LogP contribution in [0, 0.1) is 6.92 Å². The van der Waals surface area contributed by atoms with Gasteiger partial charge < -0.3 is 9.80 Å². The Morgan fingerprint density at radius 3 is 2.32 bits per heavy atom. The molecule has 114 valence electrons. The predicted octanol–water partition coefficient (Wildman–Crippen LogP) is 3.72. The van der Waals surface area contributed by atoms with Gasteiger partial charge >= 0.3 is 0 Å². The lowest BCUT2D eigenvalue weighted by Crippen LogP contribution is -2.49. The average Bonchev–Trinajstić information content (AvgIpc) is 2.55. The highest BCUT2D eigenvalue weighted by molar-refractivity contribution is 9.10. The Hall–Kier alpha value is -1.81. The van der Waals surface area contributed by atoms with Crippen LogP contribution in [0.2, 0.25) is 0 Å². The number of carbonyl (C=O) groups excluding carboxylic acids is 1. The summed E-state index contributed by atoms with van der Waals surface area (Å²) in [6.07, 6.45) is 0. The summed E-state index contributed by atoms with van der Waals surface area (Å²) in [4.78, 5) is 16.8. The second-order valence-corrected chi connectivity index (χ2v) is 6.49. The van der Waals surface area contributed by atoms with Gasteiger partial charge in [0.2, 0.25) is 0 Å². The van der Waals surface area contributed by atoms with Crippen molar-refractivity contribution in [1.82, 2.24) is 4.90 Å². The first-order chi connectivity index (χ1) is 10.6. The highest BCUT2D eigenvalue weighted by Gasteiger charge is 2.22. The third-order valence-corrected chi connectivity index (χ3v) is 4.58. The van der Waals surface area contributed by atoms with Crippen molar-refractivity contribution in [3.63, 3.8) is 0 Å². The summed E-state index contributed by atoms with van der Waals surface area (Å²) >= 11 is 3.50. The zero-order valence-corrected chi connectivity index (χ0v) is 14.2. The van der Waals surface area contributed by atoms with E-state index in [1.807, 2.05) is 35.2 Å². The SMILES string of the molecule is Cc1cc(Br)ccc1N1CCN(C(=O)c2ccccc2)CC1. The van der Waals surface area contributed by atoms with Crippen LogP contribution >= 0.6 is 15.9 Å². The molecule has 4 heteroatoms. The fourth-order valence-corrected chi connectivity index (χ4v) is 3.36. The van der Waals surface area contributed by atoms with Crippen molar-refractivity contribution in [2.45, 2.75) is 6.92 Å². The minimum Gasteiger partial charge on any atom is -0.368 e. The molecule has 0 radical (unpaired) electrons. The van der Waals surface area contributed by atoms with E-state index in [4.69, 9.17) is 0 Å². The lowest BCUT2D eigenvalue weighted by atomic mass is 10.1. The largest absolute Gasteiger partial charge is 0.368 e. The van der Waals surface area contributed by atoms with Crippen LogP contribution in [0.3, 0.4) is 0 Å². The first kappa shape index (κ1) is 15.1. The van der Waals surface area contributed by atoms with Crippen LogP contribution in [-0.4, -0.2) is 37.0 Å². The van der Waals surface area contributed by atoms with E-state index in [0.29, 0.717) is 0 Å². The summed E-state index contributed by atoms with van der Waals surface area (Å²) in [5.74, 6) is 0.132. The van der Waals surface area contributed by atoms with Gasteiger partial charge in [-0.05, 0) is 42.8 Å². The van der Waals surface area contributed by atoms with Gasteiger partial charge in [0.05, 0.1) is 0 Å². The fourth-order valence-electron chi connectivity index (χ4n) is 2.89. The Labute approximate surface area is 139 Å². The molecule has 3 rings (SSSR count). The van der Waals surface area contributed by atoms with Crippen LogP contribution < -0.4 is 4.90 Å². The number of carbonyl (C=O) groups is 1. The summed E-state index contributed by atoms with van der Waals surface area (Å²) in [7, 11) is 0. The van der Waals surface area contributed by atoms with Crippen LogP contribution in [0.25, 0.3) is 0 Å². The number of amides is 1. The van der Waals surface area contributed by atoms with Gasteiger partial charge in [0.1, 0.15) is 0 Å². The van der Waals surface area contributed by atoms with E-state index in [2.05, 4.69) is 46.0 Å². The van der Waals surface area contributed by atoms with E-state index in [1.54, 1.807) is 0 Å². The Morgan fingerprint density at radius 1 is 1.00 bits per heavy atom. The van der Waals surface area contributed by atoms with Crippen molar-refractivity contribution in [2.24, 2.45) is 0 Å². The van der Waals surface area contributed by atoms with Crippen LogP contribution in [0.4, 0.5) is 5.69 Å². The van der Waals surface area contributed by atoms with Gasteiger partial charge in [0.15, 0.2) is 0 Å². The molecule has 1 heterocycles. The number of aryl methyl sites for hydroxylation is 1. The summed E-state index contributed by atoms with van der Waals surface area (Å²) in [6.45, 7) is 5.41. The van der Waals surface area contributed by atoms with Crippen molar-refractivity contribution >= 4 is 27.5 Å². The monoisotopic (exact) mass is 358 g/mol. The predicted molar refractivity (Wildman–Crippen MR) is 93.4 cm³/mol. The van der Waals surface area contributed by atoms with Gasteiger partial charge in [0.25, 0.3) is 5.91 Å². The lowest BCUT2D eigenvalue weighted by Gasteiger charge is -2.37. The summed E-state index contributed by atoms with van der Waals surface area (Å²) in [5.41, 5.74) is 3.29. The molecule has 1 aliphatic heterocycles. The minimum absolute atomic E-state index is 0.132. The molecule has 0 unspecified atom stereocenters. The van der Waals surface area contributed by atoms with E-state index in [1.165, 1.54) is 11.3 Å². The molecule has 22 heavy (non-hydrogen) atoms. The number of anilines is 1. The average molecular weight is 359 g/mol. The van der Waals surface area contributed by atoms with Gasteiger partial charge in [-0.1, -0.05) is 34.1 Å². The standard InChI is InChI=1S/C18H19BrN2O/c1-14-13-16(19)7-8-17(14)20-9-11-21(12-10-20)18(22)15-5-3-2-4-6-15/h2-8,13H,9-12H2,1H3. The van der Waals surface area contributed by atoms with Crippen molar-refractivity contribution in [1.29, 1.82) is 0 Å². The third-order valence-electron chi connectivity index (χ3n) is 4.09. The molecule has 0 atom stereocenters. The molecule has 0 bridgehead atoms. The van der Waals surface area contributed by atoms with E-state index in [-0.39, 0.29) is 5.91 Å². The second-order valence-electron chi connectivity index (χ2n) is 5.58. The van der Waals surface area contributed by atoms with E-state index in [9.17, 15) is 4.79 Å². The maximum absolute atomic E-state index is 12.5. The first-order valence-electron chi connectivity index (χ1n) is 7.50. The molecule has 0 aromatic heterocycles. The molecule has 1 aliphatic rings. The van der Waals surface area contributed by atoms with Crippen molar-refractivity contribution in [3.05, 3.63) is 64.1 Å².